The summed E-state index contributed by atoms with van der Waals surface area (Å²) >= 11 is 0. The Morgan fingerprint density at radius 1 is 1.13 bits per heavy atom. The van der Waals surface area contributed by atoms with Crippen LogP contribution in [0.5, 0.6) is 0 Å². The van der Waals surface area contributed by atoms with Gasteiger partial charge in [-0.05, 0) is 59.7 Å². The van der Waals surface area contributed by atoms with Crippen molar-refractivity contribution in [3.63, 3.8) is 0 Å². The number of ether oxygens (including phenoxy) is 1. The topological polar surface area (TPSA) is 73.3 Å². The number of hydrogen-bond acceptors (Lipinski definition) is 6. The Kier molecular flexibility index (Phi) is 7.43. The molecule has 30 heavy (non-hydrogen) atoms. The molecule has 2 unspecified atom stereocenters. The highest BCUT2D eigenvalue weighted by Crippen LogP contribution is 2.29. The molecule has 3 rings (SSSR count). The summed E-state index contributed by atoms with van der Waals surface area (Å²) in [5.41, 5.74) is 0.219. The van der Waals surface area contributed by atoms with Gasteiger partial charge in [-0.15, -0.1) is 0 Å². The van der Waals surface area contributed by atoms with Crippen molar-refractivity contribution in [3.8, 4) is 0 Å². The van der Waals surface area contributed by atoms with E-state index >= 15 is 0 Å². The minimum Gasteiger partial charge on any atom is -0.481 e. The number of likely N-dealkylation sites (N-methyl/N-ethyl adjacent to an activating group) is 1. The van der Waals surface area contributed by atoms with Crippen LogP contribution in [0.2, 0.25) is 0 Å². The Labute approximate surface area is 181 Å². The highest BCUT2D eigenvalue weighted by molar-refractivity contribution is 5.66. The number of carboxylic acids is 1. The second kappa shape index (κ2) is 9.51. The van der Waals surface area contributed by atoms with Crippen LogP contribution in [-0.2, 0) is 9.53 Å². The first-order valence-corrected chi connectivity index (χ1v) is 11.6. The summed E-state index contributed by atoms with van der Waals surface area (Å²) < 4.78 is 6.23. The highest BCUT2D eigenvalue weighted by Gasteiger charge is 2.49. The molecule has 0 radical (unpaired) electrons. The monoisotopic (exact) mass is 425 g/mol. The van der Waals surface area contributed by atoms with E-state index in [2.05, 4.69) is 35.5 Å². The van der Waals surface area contributed by atoms with Crippen LogP contribution in [-0.4, -0.2) is 114 Å². The first-order chi connectivity index (χ1) is 14.1. The molecule has 2 atom stereocenters. The van der Waals surface area contributed by atoms with Crippen molar-refractivity contribution >= 4 is 12.1 Å². The van der Waals surface area contributed by atoms with Crippen LogP contribution >= 0.6 is 0 Å². The van der Waals surface area contributed by atoms with E-state index in [1.807, 2.05) is 7.05 Å². The van der Waals surface area contributed by atoms with Gasteiger partial charge < -0.3 is 14.7 Å². The van der Waals surface area contributed by atoms with Crippen molar-refractivity contribution < 1.29 is 23.9 Å². The van der Waals surface area contributed by atoms with Crippen LogP contribution in [0.25, 0.3) is 0 Å². The summed E-state index contributed by atoms with van der Waals surface area (Å²) in [6, 6.07) is 0. The number of piperidine rings is 1. The van der Waals surface area contributed by atoms with Crippen molar-refractivity contribution in [2.75, 3.05) is 66.0 Å². The zero-order valence-corrected chi connectivity index (χ0v) is 19.3. The van der Waals surface area contributed by atoms with E-state index in [-0.39, 0.29) is 24.3 Å². The van der Waals surface area contributed by atoms with Gasteiger partial charge in [0.25, 0.3) is 0 Å². The van der Waals surface area contributed by atoms with Gasteiger partial charge in [-0.2, -0.15) is 4.79 Å². The molecule has 3 aliphatic heterocycles. The van der Waals surface area contributed by atoms with Crippen LogP contribution in [0, 0.1) is 5.92 Å². The third kappa shape index (κ3) is 5.93. The normalized spacial score (nSPS) is 30.5. The Bertz CT molecular complexity index is 607. The fourth-order valence-corrected chi connectivity index (χ4v) is 5.12. The number of piperazine rings is 1. The van der Waals surface area contributed by atoms with Crippen LogP contribution in [0.1, 0.15) is 46.5 Å². The number of rotatable bonds is 7. The number of cyclic esters (lactones) is 1. The number of carbonyl (C=O) groups is 2. The maximum atomic E-state index is 12.8. The van der Waals surface area contributed by atoms with Gasteiger partial charge in [0, 0.05) is 44.1 Å². The molecule has 8 nitrogen and oxygen atoms in total. The molecule has 172 valence electrons. The molecule has 0 aromatic rings. The smallest absolute Gasteiger partial charge is 0.481 e. The molecule has 0 saturated carbocycles. The number of aliphatic carboxylic acids is 1. The molecule has 0 bridgehead atoms. The molecule has 0 spiro atoms. The molecule has 0 aromatic heterocycles. The van der Waals surface area contributed by atoms with Gasteiger partial charge >= 0.3 is 12.1 Å². The Morgan fingerprint density at radius 2 is 1.77 bits per heavy atom. The molecule has 3 fully saturated rings. The number of carboxylic acid groups (broad SMARTS) is 1. The standard InChI is InChI=1S/C22H40N4O4/c1-22(2,3)25-10-7-18(8-11-25)16-26(4)17-19(30-21(26)29)24-14-12-23(13-15-24)9-5-6-20(27)28/h18-19H,5-17H2,1-4H3/p+1. The molecule has 0 aromatic carbocycles. The molecule has 3 heterocycles. The third-order valence-corrected chi connectivity index (χ3v) is 7.14. The third-order valence-electron chi connectivity index (χ3n) is 7.14. The van der Waals surface area contributed by atoms with Gasteiger partial charge in [0.05, 0.1) is 13.6 Å². The number of likely N-dealkylation sites (tertiary alicyclic amines) is 1. The van der Waals surface area contributed by atoms with Gasteiger partial charge in [0.2, 0.25) is 6.23 Å². The number of carbonyl (C=O) groups excluding carboxylic acids is 1. The van der Waals surface area contributed by atoms with Crippen LogP contribution in [0.4, 0.5) is 4.79 Å². The SMILES string of the molecule is CC(C)(C)N1CCC(C[N+]2(C)CC(N3CCN(CCCC(=O)O)CC3)OC2=O)CC1. The van der Waals surface area contributed by atoms with Crippen LogP contribution in [0.3, 0.4) is 0 Å². The fraction of sp³-hybridized carbons (Fsp3) is 0.909. The lowest BCUT2D eigenvalue weighted by atomic mass is 9.92. The molecule has 3 saturated heterocycles. The van der Waals surface area contributed by atoms with Gasteiger partial charge in [0.1, 0.15) is 6.54 Å². The van der Waals surface area contributed by atoms with E-state index in [1.165, 1.54) is 0 Å². The van der Waals surface area contributed by atoms with Gasteiger partial charge in [-0.25, -0.2) is 4.48 Å². The number of nitrogens with zero attached hydrogens (tertiary/aromatic N) is 4. The lowest BCUT2D eigenvalue weighted by Gasteiger charge is -2.41. The average molecular weight is 426 g/mol. The van der Waals surface area contributed by atoms with E-state index in [0.29, 0.717) is 16.8 Å². The zero-order valence-electron chi connectivity index (χ0n) is 19.3. The van der Waals surface area contributed by atoms with E-state index < -0.39 is 5.97 Å². The molecule has 0 aliphatic carbocycles. The summed E-state index contributed by atoms with van der Waals surface area (Å²) in [6.45, 7) is 15.0. The van der Waals surface area contributed by atoms with E-state index in [0.717, 1.165) is 71.7 Å². The summed E-state index contributed by atoms with van der Waals surface area (Å²) in [6.07, 6.45) is 3.01. The van der Waals surface area contributed by atoms with Crippen LogP contribution < -0.4 is 0 Å². The molecular weight excluding hydrogens is 384 g/mol. The Balaban J connectivity index is 1.44. The second-order valence-electron chi connectivity index (χ2n) is 10.6. The lowest BCUT2D eigenvalue weighted by molar-refractivity contribution is -0.828. The number of amides is 1. The van der Waals surface area contributed by atoms with Crippen molar-refractivity contribution in [1.82, 2.24) is 14.7 Å². The predicted molar refractivity (Wildman–Crippen MR) is 115 cm³/mol. The predicted octanol–water partition coefficient (Wildman–Crippen LogP) is 1.90. The maximum Gasteiger partial charge on any atom is 0.517 e. The van der Waals surface area contributed by atoms with Gasteiger partial charge in [0.15, 0.2) is 0 Å². The molecule has 1 N–H and O–H groups in total. The highest BCUT2D eigenvalue weighted by atomic mass is 16.6. The van der Waals surface area contributed by atoms with Gasteiger partial charge in [-0.3, -0.25) is 14.6 Å². The maximum absolute atomic E-state index is 12.8. The first kappa shape index (κ1) is 23.4. The Morgan fingerprint density at radius 3 is 2.33 bits per heavy atom. The average Bonchev–Trinajstić information content (AvgIpc) is 2.96. The minimum absolute atomic E-state index is 0.0814. The molecule has 1 amide bonds. The first-order valence-electron chi connectivity index (χ1n) is 11.6. The van der Waals surface area contributed by atoms with Gasteiger partial charge in [-0.1, -0.05) is 0 Å². The summed E-state index contributed by atoms with van der Waals surface area (Å²) in [4.78, 5) is 30.6. The lowest BCUT2D eigenvalue weighted by Crippen LogP contribution is -2.54. The van der Waals surface area contributed by atoms with E-state index in [1.54, 1.807) is 0 Å². The van der Waals surface area contributed by atoms with Crippen molar-refractivity contribution in [2.45, 2.75) is 58.2 Å². The minimum atomic E-state index is -0.729. The zero-order chi connectivity index (χ0) is 21.9. The molecule has 3 aliphatic rings. The summed E-state index contributed by atoms with van der Waals surface area (Å²) in [5.74, 6) is -0.154. The molecular formula is C22H41N4O4+. The second-order valence-corrected chi connectivity index (χ2v) is 10.6. The van der Waals surface area contributed by atoms with Crippen molar-refractivity contribution in [1.29, 1.82) is 0 Å². The largest absolute Gasteiger partial charge is 0.517 e. The van der Waals surface area contributed by atoms with Crippen molar-refractivity contribution in [3.05, 3.63) is 0 Å². The Hall–Kier alpha value is -1.22. The van der Waals surface area contributed by atoms with Crippen LogP contribution in [0.15, 0.2) is 0 Å². The number of quaternary nitrogens is 1. The molecule has 8 heteroatoms. The number of hydrogen-bond donors (Lipinski definition) is 1. The van der Waals surface area contributed by atoms with E-state index in [4.69, 9.17) is 9.84 Å². The summed E-state index contributed by atoms with van der Waals surface area (Å²) in [7, 11) is 2.04. The fourth-order valence-electron chi connectivity index (χ4n) is 5.12. The van der Waals surface area contributed by atoms with Crippen molar-refractivity contribution in [2.24, 2.45) is 5.92 Å². The van der Waals surface area contributed by atoms with E-state index in [9.17, 15) is 9.59 Å². The summed E-state index contributed by atoms with van der Waals surface area (Å²) in [5, 5.41) is 8.79. The quantitative estimate of drug-likeness (QED) is 0.625.